The highest BCUT2D eigenvalue weighted by molar-refractivity contribution is 5.79. The van der Waals surface area contributed by atoms with Gasteiger partial charge in [-0.05, 0) is 23.3 Å². The number of hydrogen-bond acceptors (Lipinski definition) is 4. The van der Waals surface area contributed by atoms with Crippen molar-refractivity contribution in [2.45, 2.75) is 24.6 Å². The number of carbonyl (C=O) groups excluding carboxylic acids is 1. The van der Waals surface area contributed by atoms with Crippen molar-refractivity contribution < 1.29 is 22.7 Å². The maximum Gasteiger partial charge on any atom is 0.416 e. The number of methoxy groups -OCH3 is 1. The molecule has 5 nitrogen and oxygen atoms in total. The summed E-state index contributed by atoms with van der Waals surface area (Å²) >= 11 is 0. The van der Waals surface area contributed by atoms with Crippen molar-refractivity contribution in [3.8, 4) is 5.88 Å². The highest BCUT2D eigenvalue weighted by Crippen LogP contribution is 2.31. The number of alkyl halides is 3. The van der Waals surface area contributed by atoms with E-state index < -0.39 is 11.7 Å². The van der Waals surface area contributed by atoms with E-state index >= 15 is 0 Å². The molecule has 1 amide bonds. The van der Waals surface area contributed by atoms with Crippen LogP contribution in [0.4, 0.5) is 13.2 Å². The van der Waals surface area contributed by atoms with Crippen molar-refractivity contribution in [2.75, 3.05) is 20.2 Å². The monoisotopic (exact) mass is 379 g/mol. The SMILES string of the molecule is COc1ccc(CC(=O)N[C@H]2CNC[C@@H]2c2ccc(C(F)(F)F)cc2)cn1. The first kappa shape index (κ1) is 19.2. The zero-order valence-electron chi connectivity index (χ0n) is 14.7. The molecule has 1 aromatic heterocycles. The number of ether oxygens (including phenoxy) is 1. The molecule has 0 bridgehead atoms. The van der Waals surface area contributed by atoms with E-state index in [4.69, 9.17) is 4.74 Å². The Kier molecular flexibility index (Phi) is 5.65. The molecule has 144 valence electrons. The fourth-order valence-corrected chi connectivity index (χ4v) is 3.18. The summed E-state index contributed by atoms with van der Waals surface area (Å²) in [5.41, 5.74) is 0.847. The van der Waals surface area contributed by atoms with Crippen LogP contribution in [0.1, 0.15) is 22.6 Å². The summed E-state index contributed by atoms with van der Waals surface area (Å²) in [6.07, 6.45) is -2.60. The van der Waals surface area contributed by atoms with E-state index in [0.717, 1.165) is 23.3 Å². The van der Waals surface area contributed by atoms with E-state index in [9.17, 15) is 18.0 Å². The van der Waals surface area contributed by atoms with Crippen LogP contribution in [0.5, 0.6) is 5.88 Å². The first-order valence-corrected chi connectivity index (χ1v) is 8.53. The second-order valence-corrected chi connectivity index (χ2v) is 6.44. The Morgan fingerprint density at radius 2 is 1.96 bits per heavy atom. The molecular formula is C19H20F3N3O2. The van der Waals surface area contributed by atoms with Gasteiger partial charge in [0.1, 0.15) is 0 Å². The van der Waals surface area contributed by atoms with E-state index in [0.29, 0.717) is 19.0 Å². The minimum absolute atomic E-state index is 0.0785. The Labute approximate surface area is 154 Å². The summed E-state index contributed by atoms with van der Waals surface area (Å²) in [6.45, 7) is 1.17. The lowest BCUT2D eigenvalue weighted by Gasteiger charge is -2.21. The van der Waals surface area contributed by atoms with Crippen LogP contribution in [-0.2, 0) is 17.4 Å². The van der Waals surface area contributed by atoms with Gasteiger partial charge in [-0.3, -0.25) is 4.79 Å². The summed E-state index contributed by atoms with van der Waals surface area (Å²) in [5.74, 6) is 0.235. The van der Waals surface area contributed by atoms with E-state index in [1.807, 2.05) is 0 Å². The standard InChI is InChI=1S/C19H20F3N3O2/c1-27-18-7-2-12(9-24-18)8-17(26)25-16-11-23-10-15(16)13-3-5-14(6-4-13)19(20,21)22/h2-7,9,15-16,23H,8,10-11H2,1H3,(H,25,26)/t15-,16+/m1/s1. The average molecular weight is 379 g/mol. The van der Waals surface area contributed by atoms with Gasteiger partial charge in [-0.1, -0.05) is 18.2 Å². The Bertz CT molecular complexity index is 776. The summed E-state index contributed by atoms with van der Waals surface area (Å²) in [6, 6.07) is 8.39. The van der Waals surface area contributed by atoms with Crippen molar-refractivity contribution in [3.63, 3.8) is 0 Å². The molecule has 3 rings (SSSR count). The topological polar surface area (TPSA) is 63.2 Å². The van der Waals surface area contributed by atoms with E-state index in [1.54, 1.807) is 18.3 Å². The number of amides is 1. The van der Waals surface area contributed by atoms with Crippen LogP contribution >= 0.6 is 0 Å². The van der Waals surface area contributed by atoms with Crippen LogP contribution in [0, 0.1) is 0 Å². The van der Waals surface area contributed by atoms with Gasteiger partial charge in [0.05, 0.1) is 19.1 Å². The number of pyridine rings is 1. The van der Waals surface area contributed by atoms with Gasteiger partial charge in [0.15, 0.2) is 0 Å². The van der Waals surface area contributed by atoms with Gasteiger partial charge in [-0.15, -0.1) is 0 Å². The van der Waals surface area contributed by atoms with Gasteiger partial charge in [-0.2, -0.15) is 13.2 Å². The Morgan fingerprint density at radius 3 is 2.56 bits per heavy atom. The first-order valence-electron chi connectivity index (χ1n) is 8.53. The lowest BCUT2D eigenvalue weighted by molar-refractivity contribution is -0.137. The molecule has 2 heterocycles. The molecule has 0 spiro atoms. The largest absolute Gasteiger partial charge is 0.481 e. The zero-order chi connectivity index (χ0) is 19.4. The molecule has 1 aliphatic heterocycles. The predicted molar refractivity (Wildman–Crippen MR) is 93.5 cm³/mol. The summed E-state index contributed by atoms with van der Waals surface area (Å²) in [4.78, 5) is 16.4. The van der Waals surface area contributed by atoms with Gasteiger partial charge in [0.25, 0.3) is 0 Å². The Balaban J connectivity index is 1.62. The molecule has 0 aliphatic carbocycles. The number of rotatable bonds is 5. The van der Waals surface area contributed by atoms with Crippen LogP contribution in [0.15, 0.2) is 42.6 Å². The average Bonchev–Trinajstić information content (AvgIpc) is 3.09. The molecule has 1 fully saturated rings. The number of aromatic nitrogens is 1. The highest BCUT2D eigenvalue weighted by atomic mass is 19.4. The molecule has 2 atom stereocenters. The van der Waals surface area contributed by atoms with Crippen LogP contribution in [0.3, 0.4) is 0 Å². The lowest BCUT2D eigenvalue weighted by Crippen LogP contribution is -2.40. The van der Waals surface area contributed by atoms with Gasteiger partial charge >= 0.3 is 6.18 Å². The molecule has 1 aliphatic rings. The molecule has 27 heavy (non-hydrogen) atoms. The van der Waals surface area contributed by atoms with E-state index in [2.05, 4.69) is 15.6 Å². The molecule has 1 aromatic carbocycles. The number of halogens is 3. The highest BCUT2D eigenvalue weighted by Gasteiger charge is 2.32. The van der Waals surface area contributed by atoms with Crippen LogP contribution in [0.2, 0.25) is 0 Å². The Hall–Kier alpha value is -2.61. The quantitative estimate of drug-likeness (QED) is 0.838. The molecule has 0 saturated carbocycles. The zero-order valence-corrected chi connectivity index (χ0v) is 14.7. The molecule has 0 radical (unpaired) electrons. The fourth-order valence-electron chi connectivity index (χ4n) is 3.18. The number of nitrogens with one attached hydrogen (secondary N) is 2. The summed E-state index contributed by atoms with van der Waals surface area (Å²) in [5, 5.41) is 6.15. The van der Waals surface area contributed by atoms with Crippen LogP contribution < -0.4 is 15.4 Å². The summed E-state index contributed by atoms with van der Waals surface area (Å²) < 4.78 is 43.1. The van der Waals surface area contributed by atoms with Gasteiger partial charge in [-0.25, -0.2) is 4.98 Å². The Morgan fingerprint density at radius 1 is 1.22 bits per heavy atom. The molecular weight excluding hydrogens is 359 g/mol. The molecule has 0 unspecified atom stereocenters. The second kappa shape index (κ2) is 7.96. The second-order valence-electron chi connectivity index (χ2n) is 6.44. The fraction of sp³-hybridized carbons (Fsp3) is 0.368. The third kappa shape index (κ3) is 4.77. The van der Waals surface area contributed by atoms with Gasteiger partial charge < -0.3 is 15.4 Å². The predicted octanol–water partition coefficient (Wildman–Crippen LogP) is 2.52. The number of benzene rings is 1. The molecule has 2 aromatic rings. The third-order valence-electron chi connectivity index (χ3n) is 4.60. The van der Waals surface area contributed by atoms with Crippen LogP contribution in [-0.4, -0.2) is 37.1 Å². The number of hydrogen-bond donors (Lipinski definition) is 2. The number of nitrogens with zero attached hydrogens (tertiary/aromatic N) is 1. The third-order valence-corrected chi connectivity index (χ3v) is 4.60. The van der Waals surface area contributed by atoms with Crippen molar-refractivity contribution in [3.05, 3.63) is 59.3 Å². The molecule has 8 heteroatoms. The summed E-state index contributed by atoms with van der Waals surface area (Å²) in [7, 11) is 1.52. The van der Waals surface area contributed by atoms with Crippen molar-refractivity contribution in [1.82, 2.24) is 15.6 Å². The minimum atomic E-state index is -4.35. The van der Waals surface area contributed by atoms with Crippen molar-refractivity contribution in [1.29, 1.82) is 0 Å². The van der Waals surface area contributed by atoms with E-state index in [-0.39, 0.29) is 24.3 Å². The van der Waals surface area contributed by atoms with Gasteiger partial charge in [0.2, 0.25) is 11.8 Å². The maximum atomic E-state index is 12.7. The smallest absolute Gasteiger partial charge is 0.416 e. The number of carbonyl (C=O) groups is 1. The molecule has 2 N–H and O–H groups in total. The minimum Gasteiger partial charge on any atom is -0.481 e. The first-order chi connectivity index (χ1) is 12.9. The van der Waals surface area contributed by atoms with Crippen molar-refractivity contribution in [2.24, 2.45) is 0 Å². The van der Waals surface area contributed by atoms with Crippen molar-refractivity contribution >= 4 is 5.91 Å². The normalized spacial score (nSPS) is 19.7. The van der Waals surface area contributed by atoms with Gasteiger partial charge in [0, 0.05) is 37.3 Å². The maximum absolute atomic E-state index is 12.7. The van der Waals surface area contributed by atoms with E-state index in [1.165, 1.54) is 19.2 Å². The molecule has 1 saturated heterocycles. The van der Waals surface area contributed by atoms with Crippen LogP contribution in [0.25, 0.3) is 0 Å². The lowest BCUT2D eigenvalue weighted by atomic mass is 9.93.